The molecule has 0 saturated carbocycles. The molecule has 2 rings (SSSR count). The summed E-state index contributed by atoms with van der Waals surface area (Å²) in [6, 6.07) is 5.29. The fourth-order valence-electron chi connectivity index (χ4n) is 1.62. The molecule has 0 radical (unpaired) electrons. The van der Waals surface area contributed by atoms with Gasteiger partial charge in [-0.1, -0.05) is 11.6 Å². The van der Waals surface area contributed by atoms with E-state index in [1.807, 2.05) is 4.72 Å². The summed E-state index contributed by atoms with van der Waals surface area (Å²) in [6.07, 6.45) is 0. The van der Waals surface area contributed by atoms with Crippen molar-refractivity contribution in [1.29, 1.82) is 0 Å². The van der Waals surface area contributed by atoms with Gasteiger partial charge in [-0.25, -0.2) is 22.0 Å². The zero-order valence-electron chi connectivity index (χ0n) is 10.7. The van der Waals surface area contributed by atoms with Gasteiger partial charge < -0.3 is 5.11 Å². The van der Waals surface area contributed by atoms with Crippen LogP contribution in [0.25, 0.3) is 0 Å². The third-order valence-corrected chi connectivity index (χ3v) is 4.17. The number of hydrogen-bond acceptors (Lipinski definition) is 3. The third kappa shape index (κ3) is 3.52. The molecule has 0 bridgehead atoms. The van der Waals surface area contributed by atoms with Gasteiger partial charge in [0.2, 0.25) is 0 Å². The van der Waals surface area contributed by atoms with Crippen molar-refractivity contribution in [2.45, 2.75) is 4.90 Å². The van der Waals surface area contributed by atoms with E-state index in [0.717, 1.165) is 30.3 Å². The highest BCUT2D eigenvalue weighted by Gasteiger charge is 2.19. The molecule has 0 amide bonds. The molecule has 0 aliphatic heterocycles. The van der Waals surface area contributed by atoms with Crippen LogP contribution in [0.1, 0.15) is 10.4 Å². The molecule has 0 aromatic heterocycles. The fraction of sp³-hybridized carbons (Fsp3) is 0. The van der Waals surface area contributed by atoms with Crippen molar-refractivity contribution in [2.24, 2.45) is 0 Å². The Morgan fingerprint density at radius 3 is 2.36 bits per heavy atom. The van der Waals surface area contributed by atoms with E-state index in [1.54, 1.807) is 0 Å². The summed E-state index contributed by atoms with van der Waals surface area (Å²) < 4.78 is 52.9. The maximum absolute atomic E-state index is 13.7. The Bertz CT molecular complexity index is 835. The molecule has 0 saturated heterocycles. The summed E-state index contributed by atoms with van der Waals surface area (Å²) in [5.41, 5.74) is -0.806. The van der Waals surface area contributed by atoms with Crippen LogP contribution in [0.3, 0.4) is 0 Å². The Balaban J connectivity index is 2.38. The van der Waals surface area contributed by atoms with Gasteiger partial charge in [0.25, 0.3) is 10.0 Å². The summed E-state index contributed by atoms with van der Waals surface area (Å²) in [5.74, 6) is -3.30. The number of nitrogens with one attached hydrogen (secondary N) is 1. The van der Waals surface area contributed by atoms with Crippen LogP contribution in [0.4, 0.5) is 14.5 Å². The van der Waals surface area contributed by atoms with Crippen LogP contribution in [0, 0.1) is 11.6 Å². The third-order valence-electron chi connectivity index (χ3n) is 2.61. The number of carboxylic acid groups (broad SMARTS) is 1. The number of hydrogen-bond donors (Lipinski definition) is 2. The SMILES string of the molecule is O=C(O)c1ccc(NS(=O)(=O)c2cc(F)cc(Cl)c2)c(F)c1. The molecule has 2 aromatic rings. The first-order valence-corrected chi connectivity index (χ1v) is 7.57. The number of carboxylic acids is 1. The molecule has 2 aromatic carbocycles. The van der Waals surface area contributed by atoms with Crippen molar-refractivity contribution in [3.63, 3.8) is 0 Å². The van der Waals surface area contributed by atoms with E-state index < -0.39 is 38.2 Å². The summed E-state index contributed by atoms with van der Waals surface area (Å²) in [4.78, 5) is 10.2. The number of anilines is 1. The zero-order valence-corrected chi connectivity index (χ0v) is 12.3. The Hall–Kier alpha value is -2.19. The molecule has 116 valence electrons. The summed E-state index contributed by atoms with van der Waals surface area (Å²) in [6.45, 7) is 0. The molecule has 9 heteroatoms. The van der Waals surface area contributed by atoms with E-state index in [4.69, 9.17) is 16.7 Å². The Morgan fingerprint density at radius 1 is 1.14 bits per heavy atom. The fourth-order valence-corrected chi connectivity index (χ4v) is 3.03. The van der Waals surface area contributed by atoms with Crippen LogP contribution >= 0.6 is 11.6 Å². The van der Waals surface area contributed by atoms with Crippen LogP contribution in [-0.2, 0) is 10.0 Å². The molecule has 0 atom stereocenters. The van der Waals surface area contributed by atoms with Crippen molar-refractivity contribution in [3.05, 3.63) is 58.6 Å². The Kier molecular flexibility index (Phi) is 4.34. The first-order valence-electron chi connectivity index (χ1n) is 5.71. The van der Waals surface area contributed by atoms with Gasteiger partial charge in [-0.3, -0.25) is 4.72 Å². The maximum atomic E-state index is 13.7. The predicted octanol–water partition coefficient (Wildman–Crippen LogP) is 3.12. The van der Waals surface area contributed by atoms with E-state index in [-0.39, 0.29) is 10.6 Å². The highest BCUT2D eigenvalue weighted by atomic mass is 35.5. The lowest BCUT2D eigenvalue weighted by atomic mass is 10.2. The number of halogens is 3. The first kappa shape index (κ1) is 16.2. The lowest BCUT2D eigenvalue weighted by molar-refractivity contribution is 0.0696. The molecule has 0 unspecified atom stereocenters. The molecule has 22 heavy (non-hydrogen) atoms. The van der Waals surface area contributed by atoms with Crippen molar-refractivity contribution >= 4 is 33.3 Å². The van der Waals surface area contributed by atoms with E-state index >= 15 is 0 Å². The standard InChI is InChI=1S/C13H8ClF2NO4S/c14-8-4-9(15)6-10(5-8)22(20,21)17-12-2-1-7(13(18)19)3-11(12)16/h1-6,17H,(H,18,19). The molecule has 0 aliphatic rings. The van der Waals surface area contributed by atoms with Crippen LogP contribution in [0.5, 0.6) is 0 Å². The normalized spacial score (nSPS) is 11.2. The Labute approximate surface area is 129 Å². The quantitative estimate of drug-likeness (QED) is 0.890. The molecule has 2 N–H and O–H groups in total. The van der Waals surface area contributed by atoms with Crippen molar-refractivity contribution in [1.82, 2.24) is 0 Å². The number of aromatic carboxylic acids is 1. The topological polar surface area (TPSA) is 83.5 Å². The van der Waals surface area contributed by atoms with Gasteiger partial charge >= 0.3 is 5.97 Å². The van der Waals surface area contributed by atoms with Gasteiger partial charge in [-0.05, 0) is 36.4 Å². The molecule has 5 nitrogen and oxygen atoms in total. The van der Waals surface area contributed by atoms with Crippen molar-refractivity contribution < 1.29 is 27.1 Å². The molecular weight excluding hydrogens is 340 g/mol. The minimum atomic E-state index is -4.28. The average Bonchev–Trinajstić information content (AvgIpc) is 2.39. The highest BCUT2D eigenvalue weighted by Crippen LogP contribution is 2.23. The second-order valence-electron chi connectivity index (χ2n) is 4.21. The number of benzene rings is 2. The first-order chi connectivity index (χ1) is 10.2. The molecule has 0 aliphatic carbocycles. The van der Waals surface area contributed by atoms with Crippen LogP contribution in [0.2, 0.25) is 5.02 Å². The highest BCUT2D eigenvalue weighted by molar-refractivity contribution is 7.92. The van der Waals surface area contributed by atoms with Crippen molar-refractivity contribution in [3.8, 4) is 0 Å². The van der Waals surface area contributed by atoms with E-state index in [9.17, 15) is 22.0 Å². The van der Waals surface area contributed by atoms with Crippen LogP contribution in [-0.4, -0.2) is 19.5 Å². The average molecular weight is 348 g/mol. The largest absolute Gasteiger partial charge is 0.478 e. The molecule has 0 heterocycles. The predicted molar refractivity (Wildman–Crippen MR) is 75.6 cm³/mol. The van der Waals surface area contributed by atoms with Crippen LogP contribution < -0.4 is 4.72 Å². The smallest absolute Gasteiger partial charge is 0.335 e. The minimum Gasteiger partial charge on any atom is -0.478 e. The number of sulfonamides is 1. The summed E-state index contributed by atoms with van der Waals surface area (Å²) in [5, 5.41) is 8.57. The van der Waals surface area contributed by atoms with E-state index in [1.165, 1.54) is 0 Å². The summed E-state index contributed by atoms with van der Waals surface area (Å²) in [7, 11) is -4.28. The molecule has 0 spiro atoms. The van der Waals surface area contributed by atoms with Gasteiger partial charge in [0, 0.05) is 5.02 Å². The van der Waals surface area contributed by atoms with Gasteiger partial charge in [0.1, 0.15) is 11.6 Å². The van der Waals surface area contributed by atoms with Gasteiger partial charge in [0.15, 0.2) is 0 Å². The number of carbonyl (C=O) groups is 1. The van der Waals surface area contributed by atoms with Gasteiger partial charge in [-0.15, -0.1) is 0 Å². The zero-order chi connectivity index (χ0) is 16.5. The lowest BCUT2D eigenvalue weighted by Gasteiger charge is -2.10. The molecule has 0 fully saturated rings. The summed E-state index contributed by atoms with van der Waals surface area (Å²) >= 11 is 5.57. The van der Waals surface area contributed by atoms with Gasteiger partial charge in [-0.2, -0.15) is 0 Å². The van der Waals surface area contributed by atoms with Crippen molar-refractivity contribution in [2.75, 3.05) is 4.72 Å². The second-order valence-corrected chi connectivity index (χ2v) is 6.33. The Morgan fingerprint density at radius 2 is 1.82 bits per heavy atom. The van der Waals surface area contributed by atoms with Crippen LogP contribution in [0.15, 0.2) is 41.3 Å². The van der Waals surface area contributed by atoms with E-state index in [0.29, 0.717) is 6.07 Å². The molecular formula is C13H8ClF2NO4S. The monoisotopic (exact) mass is 347 g/mol. The minimum absolute atomic E-state index is 0.137. The van der Waals surface area contributed by atoms with Gasteiger partial charge in [0.05, 0.1) is 16.1 Å². The van der Waals surface area contributed by atoms with E-state index in [2.05, 4.69) is 0 Å². The maximum Gasteiger partial charge on any atom is 0.335 e. The lowest BCUT2D eigenvalue weighted by Crippen LogP contribution is -2.14. The number of rotatable bonds is 4. The second kappa shape index (κ2) is 5.90.